The summed E-state index contributed by atoms with van der Waals surface area (Å²) in [5.74, 6) is 0.865. The lowest BCUT2D eigenvalue weighted by molar-refractivity contribution is 0.199. The van der Waals surface area contributed by atoms with E-state index < -0.39 is 6.10 Å². The van der Waals surface area contributed by atoms with Gasteiger partial charge in [0, 0.05) is 24.8 Å². The minimum absolute atomic E-state index is 0.506. The quantitative estimate of drug-likeness (QED) is 0.892. The molecule has 3 nitrogen and oxygen atoms in total. The maximum absolute atomic E-state index is 9.85. The van der Waals surface area contributed by atoms with Crippen LogP contribution in [0.2, 0.25) is 0 Å². The van der Waals surface area contributed by atoms with Crippen molar-refractivity contribution in [2.75, 3.05) is 11.4 Å². The Morgan fingerprint density at radius 2 is 1.89 bits per heavy atom. The van der Waals surface area contributed by atoms with Crippen LogP contribution in [0.25, 0.3) is 0 Å². The van der Waals surface area contributed by atoms with Crippen LogP contribution >= 0.6 is 0 Å². The van der Waals surface area contributed by atoms with E-state index in [1.54, 1.807) is 13.1 Å². The van der Waals surface area contributed by atoms with E-state index in [9.17, 15) is 5.11 Å². The summed E-state index contributed by atoms with van der Waals surface area (Å²) in [7, 11) is 0. The molecule has 2 rings (SSSR count). The molecule has 0 fully saturated rings. The van der Waals surface area contributed by atoms with E-state index in [0.717, 1.165) is 24.5 Å². The molecule has 100 valence electrons. The predicted molar refractivity (Wildman–Crippen MR) is 78.0 cm³/mol. The van der Waals surface area contributed by atoms with Gasteiger partial charge in [0.25, 0.3) is 0 Å². The van der Waals surface area contributed by atoms with Gasteiger partial charge < -0.3 is 10.0 Å². The third-order valence-electron chi connectivity index (χ3n) is 3.16. The Kier molecular flexibility index (Phi) is 4.53. The van der Waals surface area contributed by atoms with E-state index in [4.69, 9.17) is 0 Å². The van der Waals surface area contributed by atoms with E-state index in [1.165, 1.54) is 5.56 Å². The number of rotatable bonds is 5. The summed E-state index contributed by atoms with van der Waals surface area (Å²) < 4.78 is 0. The summed E-state index contributed by atoms with van der Waals surface area (Å²) in [5.41, 5.74) is 2.12. The molecule has 0 amide bonds. The van der Waals surface area contributed by atoms with Crippen LogP contribution in [0.5, 0.6) is 0 Å². The van der Waals surface area contributed by atoms with E-state index in [-0.39, 0.29) is 0 Å². The minimum atomic E-state index is -0.506. The first-order valence-electron chi connectivity index (χ1n) is 6.64. The Labute approximate surface area is 114 Å². The van der Waals surface area contributed by atoms with Crippen LogP contribution in [0.4, 0.5) is 5.82 Å². The van der Waals surface area contributed by atoms with Gasteiger partial charge in [-0.05, 0) is 25.5 Å². The summed E-state index contributed by atoms with van der Waals surface area (Å²) in [5, 5.41) is 9.85. The van der Waals surface area contributed by atoms with Crippen molar-refractivity contribution in [3.63, 3.8) is 0 Å². The number of aliphatic hydroxyl groups is 1. The third kappa shape index (κ3) is 3.32. The first kappa shape index (κ1) is 13.6. The summed E-state index contributed by atoms with van der Waals surface area (Å²) in [6.45, 7) is 5.53. The van der Waals surface area contributed by atoms with Crippen LogP contribution in [0.1, 0.15) is 31.1 Å². The lowest BCUT2D eigenvalue weighted by Crippen LogP contribution is -2.24. The molecule has 1 heterocycles. The molecule has 0 aliphatic carbocycles. The maximum atomic E-state index is 9.85. The highest BCUT2D eigenvalue weighted by atomic mass is 16.3. The fourth-order valence-corrected chi connectivity index (χ4v) is 2.14. The molecule has 3 heteroatoms. The van der Waals surface area contributed by atoms with Crippen molar-refractivity contribution in [3.05, 3.63) is 59.8 Å². The zero-order valence-electron chi connectivity index (χ0n) is 11.5. The van der Waals surface area contributed by atoms with Crippen molar-refractivity contribution in [1.29, 1.82) is 0 Å². The zero-order valence-corrected chi connectivity index (χ0v) is 11.5. The van der Waals surface area contributed by atoms with Crippen molar-refractivity contribution < 1.29 is 5.11 Å². The van der Waals surface area contributed by atoms with Gasteiger partial charge in [0.05, 0.1) is 6.10 Å². The van der Waals surface area contributed by atoms with E-state index in [1.807, 2.05) is 30.3 Å². The number of hydrogen-bond donors (Lipinski definition) is 1. The van der Waals surface area contributed by atoms with Gasteiger partial charge in [-0.3, -0.25) is 0 Å². The third-order valence-corrected chi connectivity index (χ3v) is 3.16. The van der Waals surface area contributed by atoms with Crippen LogP contribution in [0.15, 0.2) is 48.7 Å². The Hall–Kier alpha value is -1.87. The van der Waals surface area contributed by atoms with Crippen LogP contribution in [0.3, 0.4) is 0 Å². The highest BCUT2D eigenvalue weighted by molar-refractivity contribution is 5.48. The Morgan fingerprint density at radius 3 is 2.53 bits per heavy atom. The number of pyridine rings is 1. The zero-order chi connectivity index (χ0) is 13.7. The van der Waals surface area contributed by atoms with Gasteiger partial charge in [-0.25, -0.2) is 4.98 Å². The number of hydrogen-bond acceptors (Lipinski definition) is 3. The monoisotopic (exact) mass is 256 g/mol. The predicted octanol–water partition coefficient (Wildman–Crippen LogP) is 3.16. The molecule has 2 aromatic rings. The average Bonchev–Trinajstić information content (AvgIpc) is 2.46. The van der Waals surface area contributed by atoms with Crippen LogP contribution in [-0.2, 0) is 6.54 Å². The molecule has 0 aliphatic heterocycles. The highest BCUT2D eigenvalue weighted by Crippen LogP contribution is 2.24. The van der Waals surface area contributed by atoms with Crippen LogP contribution in [0, 0.1) is 0 Å². The lowest BCUT2D eigenvalue weighted by atomic mass is 10.1. The summed E-state index contributed by atoms with van der Waals surface area (Å²) in [6, 6.07) is 14.1. The largest absolute Gasteiger partial charge is 0.389 e. The van der Waals surface area contributed by atoms with Gasteiger partial charge in [-0.1, -0.05) is 36.4 Å². The van der Waals surface area contributed by atoms with E-state index in [2.05, 4.69) is 28.9 Å². The summed E-state index contributed by atoms with van der Waals surface area (Å²) in [6.07, 6.45) is 1.27. The standard InChI is InChI=1S/C16H20N2O/c1-3-18(12-14-8-5-4-6-9-14)16-15(13(2)19)10-7-11-17-16/h4-11,13,19H,3,12H2,1-2H3/t13-/m1/s1. The smallest absolute Gasteiger partial charge is 0.134 e. The van der Waals surface area contributed by atoms with Crippen molar-refractivity contribution in [2.24, 2.45) is 0 Å². The van der Waals surface area contributed by atoms with Crippen molar-refractivity contribution in [1.82, 2.24) is 4.98 Å². The van der Waals surface area contributed by atoms with Gasteiger partial charge in [0.1, 0.15) is 5.82 Å². The molecule has 19 heavy (non-hydrogen) atoms. The van der Waals surface area contributed by atoms with Crippen LogP contribution in [-0.4, -0.2) is 16.6 Å². The number of aromatic nitrogens is 1. The molecular formula is C16H20N2O. The fourth-order valence-electron chi connectivity index (χ4n) is 2.14. The first-order chi connectivity index (χ1) is 9.22. The highest BCUT2D eigenvalue weighted by Gasteiger charge is 2.14. The topological polar surface area (TPSA) is 36.4 Å². The summed E-state index contributed by atoms with van der Waals surface area (Å²) >= 11 is 0. The average molecular weight is 256 g/mol. The Bertz CT molecular complexity index is 511. The molecule has 0 saturated carbocycles. The van der Waals surface area contributed by atoms with E-state index >= 15 is 0 Å². The number of nitrogens with zero attached hydrogens (tertiary/aromatic N) is 2. The number of aliphatic hydroxyl groups excluding tert-OH is 1. The number of benzene rings is 1. The molecule has 0 bridgehead atoms. The molecule has 0 aliphatic rings. The second kappa shape index (κ2) is 6.34. The molecule has 1 aromatic carbocycles. The van der Waals surface area contributed by atoms with Gasteiger partial charge in [0.2, 0.25) is 0 Å². The molecular weight excluding hydrogens is 236 g/mol. The Balaban J connectivity index is 2.27. The molecule has 0 radical (unpaired) electrons. The van der Waals surface area contributed by atoms with Crippen LogP contribution < -0.4 is 4.90 Å². The maximum Gasteiger partial charge on any atom is 0.134 e. The molecule has 0 saturated heterocycles. The molecule has 1 atom stereocenters. The fraction of sp³-hybridized carbons (Fsp3) is 0.312. The van der Waals surface area contributed by atoms with Crippen molar-refractivity contribution >= 4 is 5.82 Å². The second-order valence-electron chi connectivity index (χ2n) is 4.59. The van der Waals surface area contributed by atoms with Gasteiger partial charge >= 0.3 is 0 Å². The van der Waals surface area contributed by atoms with Gasteiger partial charge in [-0.2, -0.15) is 0 Å². The Morgan fingerprint density at radius 1 is 1.16 bits per heavy atom. The summed E-state index contributed by atoms with van der Waals surface area (Å²) in [4.78, 5) is 6.61. The number of anilines is 1. The molecule has 0 spiro atoms. The van der Waals surface area contributed by atoms with Gasteiger partial charge in [0.15, 0.2) is 0 Å². The van der Waals surface area contributed by atoms with Crippen molar-refractivity contribution in [3.8, 4) is 0 Å². The van der Waals surface area contributed by atoms with Gasteiger partial charge in [-0.15, -0.1) is 0 Å². The molecule has 1 N–H and O–H groups in total. The molecule has 0 unspecified atom stereocenters. The minimum Gasteiger partial charge on any atom is -0.389 e. The SMILES string of the molecule is CCN(Cc1ccccc1)c1ncccc1[C@@H](C)O. The lowest BCUT2D eigenvalue weighted by Gasteiger charge is -2.25. The van der Waals surface area contributed by atoms with Crippen molar-refractivity contribution in [2.45, 2.75) is 26.5 Å². The molecule has 1 aromatic heterocycles. The van der Waals surface area contributed by atoms with E-state index in [0.29, 0.717) is 0 Å². The normalized spacial score (nSPS) is 12.2. The first-order valence-corrected chi connectivity index (χ1v) is 6.64. The second-order valence-corrected chi connectivity index (χ2v) is 4.59.